The molecule has 2 N–H and O–H groups in total. The van der Waals surface area contributed by atoms with Crippen molar-refractivity contribution < 1.29 is 13.7 Å². The third kappa shape index (κ3) is 5.89. The topological polar surface area (TPSA) is 109 Å². The lowest BCUT2D eigenvalue weighted by Gasteiger charge is -1.97. The van der Waals surface area contributed by atoms with Gasteiger partial charge in [0.2, 0.25) is 0 Å². The van der Waals surface area contributed by atoms with Crippen molar-refractivity contribution in [3.63, 3.8) is 0 Å². The highest BCUT2D eigenvalue weighted by Gasteiger charge is 2.04. The fourth-order valence-corrected chi connectivity index (χ4v) is 0.839. The van der Waals surface area contributed by atoms with Gasteiger partial charge in [-0.2, -0.15) is 0 Å². The van der Waals surface area contributed by atoms with Crippen molar-refractivity contribution in [3.8, 4) is 0 Å². The van der Waals surface area contributed by atoms with E-state index >= 15 is 0 Å². The lowest BCUT2D eigenvalue weighted by Crippen LogP contribution is -1.97. The minimum absolute atomic E-state index is 0.160. The van der Waals surface area contributed by atoms with E-state index in [1.54, 1.807) is 12.1 Å². The molecule has 0 amide bonds. The van der Waals surface area contributed by atoms with Crippen molar-refractivity contribution in [3.05, 3.63) is 39.4 Å². The summed E-state index contributed by atoms with van der Waals surface area (Å²) in [7, 11) is 0. The molecule has 7 heteroatoms. The zero-order valence-corrected chi connectivity index (χ0v) is 9.11. The second-order valence-electron chi connectivity index (χ2n) is 2.79. The molecule has 15 heavy (non-hydrogen) atoms. The molecule has 1 aromatic carbocycles. The highest BCUT2D eigenvalue weighted by atomic mass is 32.2. The number of rotatable bonds is 1. The fraction of sp³-hybridized carbons (Fsp3) is 0.250. The van der Waals surface area contributed by atoms with Crippen LogP contribution in [0.25, 0.3) is 0 Å². The van der Waals surface area contributed by atoms with E-state index in [0.717, 1.165) is 11.1 Å². The normalized spacial score (nSPS) is 11.2. The number of non-ortho nitro benzene ring substituents is 1. The fourth-order valence-electron chi connectivity index (χ4n) is 0.839. The average Bonchev–Trinajstić information content (AvgIpc) is 2.08. The van der Waals surface area contributed by atoms with Gasteiger partial charge >= 0.3 is 0 Å². The molecule has 6 nitrogen and oxygen atoms in total. The SMILES string of the molecule is Cc1ccc([N+](=O)[O-])cc1C.NS(=O)[O-]. The van der Waals surface area contributed by atoms with E-state index in [1.807, 2.05) is 13.8 Å². The second-order valence-corrected chi connectivity index (χ2v) is 3.31. The van der Waals surface area contributed by atoms with Crippen LogP contribution in [0.3, 0.4) is 0 Å². The van der Waals surface area contributed by atoms with Crippen LogP contribution < -0.4 is 5.14 Å². The summed E-state index contributed by atoms with van der Waals surface area (Å²) in [5.41, 5.74) is 2.20. The lowest BCUT2D eigenvalue weighted by molar-refractivity contribution is -0.384. The first-order chi connectivity index (χ1) is 6.84. The summed E-state index contributed by atoms with van der Waals surface area (Å²) in [4.78, 5) is 9.89. The van der Waals surface area contributed by atoms with Crippen LogP contribution in [0.4, 0.5) is 5.69 Å². The Morgan fingerprint density at radius 1 is 1.33 bits per heavy atom. The van der Waals surface area contributed by atoms with Gasteiger partial charge in [0.25, 0.3) is 5.69 Å². The van der Waals surface area contributed by atoms with Gasteiger partial charge in [0.1, 0.15) is 0 Å². The van der Waals surface area contributed by atoms with Gasteiger partial charge < -0.3 is 4.55 Å². The van der Waals surface area contributed by atoms with Crippen molar-refractivity contribution in [2.75, 3.05) is 0 Å². The third-order valence-electron chi connectivity index (χ3n) is 1.70. The van der Waals surface area contributed by atoms with Gasteiger partial charge in [-0.25, -0.2) is 0 Å². The Labute approximate surface area is 89.7 Å². The van der Waals surface area contributed by atoms with Gasteiger partial charge in [0, 0.05) is 23.4 Å². The molecule has 0 saturated heterocycles. The summed E-state index contributed by atoms with van der Waals surface area (Å²) in [6.07, 6.45) is 0. The molecule has 0 spiro atoms. The van der Waals surface area contributed by atoms with Gasteiger partial charge in [0.15, 0.2) is 0 Å². The predicted octanol–water partition coefficient (Wildman–Crippen LogP) is 0.951. The van der Waals surface area contributed by atoms with E-state index in [1.165, 1.54) is 6.07 Å². The maximum Gasteiger partial charge on any atom is 0.269 e. The minimum atomic E-state index is -2.36. The molecular formula is C8H11N2O4S-. The summed E-state index contributed by atoms with van der Waals surface area (Å²) < 4.78 is 17.6. The highest BCUT2D eigenvalue weighted by molar-refractivity contribution is 7.76. The van der Waals surface area contributed by atoms with Crippen LogP contribution in [0.15, 0.2) is 18.2 Å². The van der Waals surface area contributed by atoms with E-state index < -0.39 is 11.3 Å². The van der Waals surface area contributed by atoms with Crippen molar-refractivity contribution in [2.24, 2.45) is 5.14 Å². The average molecular weight is 231 g/mol. The Kier molecular flexibility index (Phi) is 5.68. The van der Waals surface area contributed by atoms with E-state index in [0.29, 0.717) is 0 Å². The third-order valence-corrected chi connectivity index (χ3v) is 1.70. The first kappa shape index (κ1) is 13.7. The number of benzene rings is 1. The monoisotopic (exact) mass is 231 g/mol. The molecule has 1 unspecified atom stereocenters. The molecule has 0 bridgehead atoms. The zero-order chi connectivity index (χ0) is 12.0. The van der Waals surface area contributed by atoms with Crippen LogP contribution >= 0.6 is 0 Å². The number of hydrogen-bond acceptors (Lipinski definition) is 4. The molecule has 0 fully saturated rings. The Morgan fingerprint density at radius 2 is 1.80 bits per heavy atom. The van der Waals surface area contributed by atoms with Crippen molar-refractivity contribution >= 4 is 17.0 Å². The maximum atomic E-state index is 10.3. The first-order valence-electron chi connectivity index (χ1n) is 3.90. The molecule has 1 atom stereocenters. The van der Waals surface area contributed by atoms with Crippen LogP contribution in [0.5, 0.6) is 0 Å². The molecule has 0 aliphatic heterocycles. The molecule has 0 aliphatic rings. The summed E-state index contributed by atoms with van der Waals surface area (Å²) in [5.74, 6) is 0. The minimum Gasteiger partial charge on any atom is -0.760 e. The molecular weight excluding hydrogens is 220 g/mol. The van der Waals surface area contributed by atoms with Gasteiger partial charge in [-0.05, 0) is 25.0 Å². The molecule has 1 aromatic rings. The van der Waals surface area contributed by atoms with E-state index in [9.17, 15) is 10.1 Å². The van der Waals surface area contributed by atoms with Crippen LogP contribution in [-0.2, 0) is 11.3 Å². The molecule has 84 valence electrons. The summed E-state index contributed by atoms with van der Waals surface area (Å²) >= 11 is -2.36. The number of nitro groups is 1. The molecule has 0 saturated carbocycles. The predicted molar refractivity (Wildman–Crippen MR) is 55.7 cm³/mol. The number of aryl methyl sites for hydroxylation is 2. The van der Waals surface area contributed by atoms with Gasteiger partial charge in [0.05, 0.1) is 4.92 Å². The van der Waals surface area contributed by atoms with Crippen molar-refractivity contribution in [1.29, 1.82) is 0 Å². The quantitative estimate of drug-likeness (QED) is 0.440. The smallest absolute Gasteiger partial charge is 0.269 e. The van der Waals surface area contributed by atoms with Crippen LogP contribution in [0, 0.1) is 24.0 Å². The van der Waals surface area contributed by atoms with E-state index in [-0.39, 0.29) is 10.6 Å². The highest BCUT2D eigenvalue weighted by Crippen LogP contribution is 2.15. The van der Waals surface area contributed by atoms with Gasteiger partial charge in [-0.15, -0.1) is 0 Å². The molecule has 0 heterocycles. The van der Waals surface area contributed by atoms with Crippen molar-refractivity contribution in [1.82, 2.24) is 0 Å². The lowest BCUT2D eigenvalue weighted by atomic mass is 10.1. The molecule has 0 radical (unpaired) electrons. The molecule has 1 rings (SSSR count). The van der Waals surface area contributed by atoms with Crippen LogP contribution in [0.1, 0.15) is 11.1 Å². The Hall–Kier alpha value is -1.31. The first-order valence-corrected chi connectivity index (χ1v) is 5.03. The Morgan fingerprint density at radius 3 is 2.13 bits per heavy atom. The van der Waals surface area contributed by atoms with Crippen LogP contribution in [0.2, 0.25) is 0 Å². The number of nitrogens with zero attached hydrogens (tertiary/aromatic N) is 1. The summed E-state index contributed by atoms with van der Waals surface area (Å²) in [6.45, 7) is 3.79. The standard InChI is InChI=1S/C8H9NO2.H3NO2S/c1-6-3-4-8(9(10)11)5-7(6)2;1-4(2)3/h3-5H,1-2H3;1H2,(H,2,3)/p-1. The summed E-state index contributed by atoms with van der Waals surface area (Å²) in [6, 6.07) is 4.85. The number of nitrogens with two attached hydrogens (primary N) is 1. The number of hydrogen-bond donors (Lipinski definition) is 1. The largest absolute Gasteiger partial charge is 0.760 e. The molecule has 0 aliphatic carbocycles. The van der Waals surface area contributed by atoms with Crippen molar-refractivity contribution in [2.45, 2.75) is 13.8 Å². The summed E-state index contributed by atoms with van der Waals surface area (Å²) in [5, 5.41) is 14.3. The van der Waals surface area contributed by atoms with Gasteiger partial charge in [-0.1, -0.05) is 6.07 Å². The second kappa shape index (κ2) is 6.23. The Balaban J connectivity index is 0.000000423. The van der Waals surface area contributed by atoms with E-state index in [4.69, 9.17) is 8.76 Å². The maximum absolute atomic E-state index is 10.3. The zero-order valence-electron chi connectivity index (χ0n) is 8.30. The van der Waals surface area contributed by atoms with Crippen LogP contribution in [-0.4, -0.2) is 13.7 Å². The van der Waals surface area contributed by atoms with Gasteiger partial charge in [-0.3, -0.25) is 19.5 Å². The Bertz CT molecular complexity index is 377. The number of nitro benzene ring substituents is 1. The molecule has 0 aromatic heterocycles. The van der Waals surface area contributed by atoms with E-state index in [2.05, 4.69) is 5.14 Å².